The van der Waals surface area contributed by atoms with E-state index in [1.807, 2.05) is 0 Å². The van der Waals surface area contributed by atoms with Gasteiger partial charge in [0.25, 0.3) is 0 Å². The monoisotopic (exact) mass is 222 g/mol. The van der Waals surface area contributed by atoms with Crippen LogP contribution in [0.1, 0.15) is 11.1 Å². The summed E-state index contributed by atoms with van der Waals surface area (Å²) in [6.07, 6.45) is 1.91. The van der Waals surface area contributed by atoms with Crippen LogP contribution < -0.4 is 0 Å². The number of carbonyl (C=O) groups is 2. The number of carboxylic acids is 2. The minimum Gasteiger partial charge on any atom is -0.507 e. The molecule has 0 aliphatic rings. The summed E-state index contributed by atoms with van der Waals surface area (Å²) in [4.78, 5) is 20.7. The van der Waals surface area contributed by atoms with Crippen molar-refractivity contribution in [3.8, 4) is 5.75 Å². The number of aliphatic carboxylic acids is 2. The van der Waals surface area contributed by atoms with Gasteiger partial charge in [-0.2, -0.15) is 0 Å². The molecule has 5 heteroatoms. The Morgan fingerprint density at radius 3 is 2.50 bits per heavy atom. The number of hydrogen-bond acceptors (Lipinski definition) is 3. The lowest BCUT2D eigenvalue weighted by Gasteiger charge is -2.02. The SMILES string of the molecule is O=C(O)C=Cc1cc(CC(=O)O)ccc1O. The van der Waals surface area contributed by atoms with E-state index in [1.165, 1.54) is 24.3 Å². The van der Waals surface area contributed by atoms with Gasteiger partial charge < -0.3 is 15.3 Å². The third-order valence-corrected chi connectivity index (χ3v) is 1.85. The van der Waals surface area contributed by atoms with Gasteiger partial charge >= 0.3 is 11.9 Å². The van der Waals surface area contributed by atoms with E-state index in [9.17, 15) is 14.7 Å². The van der Waals surface area contributed by atoms with Crippen molar-refractivity contribution in [1.82, 2.24) is 0 Å². The summed E-state index contributed by atoms with van der Waals surface area (Å²) < 4.78 is 0. The van der Waals surface area contributed by atoms with E-state index >= 15 is 0 Å². The van der Waals surface area contributed by atoms with Crippen LogP contribution in [0.4, 0.5) is 0 Å². The average molecular weight is 222 g/mol. The summed E-state index contributed by atoms with van der Waals surface area (Å²) in [7, 11) is 0. The van der Waals surface area contributed by atoms with E-state index in [0.717, 1.165) is 6.08 Å². The number of aromatic hydroxyl groups is 1. The maximum atomic E-state index is 10.5. The maximum Gasteiger partial charge on any atom is 0.328 e. The Labute approximate surface area is 91.3 Å². The molecule has 0 aliphatic carbocycles. The van der Waals surface area contributed by atoms with Crippen LogP contribution in [0.5, 0.6) is 5.75 Å². The minimum absolute atomic E-state index is 0.0911. The molecule has 84 valence electrons. The molecule has 0 aromatic heterocycles. The summed E-state index contributed by atoms with van der Waals surface area (Å²) in [5.74, 6) is -2.21. The normalized spacial score (nSPS) is 10.5. The van der Waals surface area contributed by atoms with Gasteiger partial charge in [0.15, 0.2) is 0 Å². The highest BCUT2D eigenvalue weighted by molar-refractivity contribution is 5.86. The first-order valence-electron chi connectivity index (χ1n) is 4.43. The lowest BCUT2D eigenvalue weighted by Crippen LogP contribution is -2.00. The molecular weight excluding hydrogens is 212 g/mol. The predicted molar refractivity (Wildman–Crippen MR) is 56.1 cm³/mol. The molecule has 0 saturated heterocycles. The minimum atomic E-state index is -1.14. The standard InChI is InChI=1S/C11H10O5/c12-9-3-1-7(6-11(15)16)5-8(9)2-4-10(13)14/h1-5,12H,6H2,(H,13,14)(H,15,16). The third kappa shape index (κ3) is 3.45. The van der Waals surface area contributed by atoms with E-state index in [1.54, 1.807) is 0 Å². The number of phenols is 1. The molecule has 0 bridgehead atoms. The number of benzene rings is 1. The highest BCUT2D eigenvalue weighted by Crippen LogP contribution is 2.20. The molecule has 3 N–H and O–H groups in total. The highest BCUT2D eigenvalue weighted by atomic mass is 16.4. The smallest absolute Gasteiger partial charge is 0.328 e. The summed E-state index contributed by atoms with van der Waals surface area (Å²) in [5.41, 5.74) is 0.775. The van der Waals surface area contributed by atoms with E-state index in [-0.39, 0.29) is 17.7 Å². The molecular formula is C11H10O5. The molecule has 1 aromatic rings. The Bertz CT molecular complexity index is 448. The number of hydrogen-bond donors (Lipinski definition) is 3. The lowest BCUT2D eigenvalue weighted by molar-refractivity contribution is -0.136. The van der Waals surface area contributed by atoms with Crippen molar-refractivity contribution < 1.29 is 24.9 Å². The third-order valence-electron chi connectivity index (χ3n) is 1.85. The second-order valence-corrected chi connectivity index (χ2v) is 3.14. The second kappa shape index (κ2) is 4.97. The molecule has 0 aliphatic heterocycles. The zero-order valence-corrected chi connectivity index (χ0v) is 8.25. The first-order chi connectivity index (χ1) is 7.49. The average Bonchev–Trinajstić information content (AvgIpc) is 2.18. The highest BCUT2D eigenvalue weighted by Gasteiger charge is 2.04. The number of phenolic OH excluding ortho intramolecular Hbond substituents is 1. The Hall–Kier alpha value is -2.30. The quantitative estimate of drug-likeness (QED) is 0.663. The number of rotatable bonds is 4. The van der Waals surface area contributed by atoms with Gasteiger partial charge in [-0.3, -0.25) is 4.79 Å². The van der Waals surface area contributed by atoms with E-state index < -0.39 is 11.9 Å². The zero-order valence-electron chi connectivity index (χ0n) is 8.25. The molecule has 0 fully saturated rings. The van der Waals surface area contributed by atoms with Crippen molar-refractivity contribution in [1.29, 1.82) is 0 Å². The second-order valence-electron chi connectivity index (χ2n) is 3.14. The van der Waals surface area contributed by atoms with Crippen LogP contribution in [-0.2, 0) is 16.0 Å². The van der Waals surface area contributed by atoms with Crippen LogP contribution in [0.15, 0.2) is 24.3 Å². The van der Waals surface area contributed by atoms with Gasteiger partial charge in [-0.15, -0.1) is 0 Å². The van der Waals surface area contributed by atoms with Crippen molar-refractivity contribution in [2.24, 2.45) is 0 Å². The van der Waals surface area contributed by atoms with Crippen molar-refractivity contribution in [3.63, 3.8) is 0 Å². The summed E-state index contributed by atoms with van der Waals surface area (Å²) in [5, 5.41) is 26.4. The summed E-state index contributed by atoms with van der Waals surface area (Å²) in [6.45, 7) is 0. The molecule has 0 unspecified atom stereocenters. The summed E-state index contributed by atoms with van der Waals surface area (Å²) >= 11 is 0. The Morgan fingerprint density at radius 2 is 1.94 bits per heavy atom. The first kappa shape index (κ1) is 11.8. The van der Waals surface area contributed by atoms with Crippen molar-refractivity contribution in [3.05, 3.63) is 35.4 Å². The molecule has 1 rings (SSSR count). The van der Waals surface area contributed by atoms with Crippen molar-refractivity contribution in [2.75, 3.05) is 0 Å². The van der Waals surface area contributed by atoms with Crippen LogP contribution in [-0.4, -0.2) is 27.3 Å². The van der Waals surface area contributed by atoms with Gasteiger partial charge in [-0.05, 0) is 23.8 Å². The maximum absolute atomic E-state index is 10.5. The summed E-state index contributed by atoms with van der Waals surface area (Å²) in [6, 6.07) is 4.24. The Kier molecular flexibility index (Phi) is 3.66. The first-order valence-corrected chi connectivity index (χ1v) is 4.43. The molecule has 0 radical (unpaired) electrons. The fourth-order valence-corrected chi connectivity index (χ4v) is 1.18. The molecule has 16 heavy (non-hydrogen) atoms. The van der Waals surface area contributed by atoms with Gasteiger partial charge in [0, 0.05) is 11.6 Å². The van der Waals surface area contributed by atoms with Crippen LogP contribution in [0.3, 0.4) is 0 Å². The topological polar surface area (TPSA) is 94.8 Å². The van der Waals surface area contributed by atoms with Crippen LogP contribution >= 0.6 is 0 Å². The molecule has 0 spiro atoms. The molecule has 0 amide bonds. The molecule has 0 saturated carbocycles. The Morgan fingerprint density at radius 1 is 1.25 bits per heavy atom. The van der Waals surface area contributed by atoms with Gasteiger partial charge in [0.2, 0.25) is 0 Å². The van der Waals surface area contributed by atoms with Gasteiger partial charge in [0.1, 0.15) is 5.75 Å². The fourth-order valence-electron chi connectivity index (χ4n) is 1.18. The van der Waals surface area contributed by atoms with Gasteiger partial charge in [-0.1, -0.05) is 6.07 Å². The van der Waals surface area contributed by atoms with Gasteiger partial charge in [-0.25, -0.2) is 4.79 Å². The lowest BCUT2D eigenvalue weighted by atomic mass is 10.1. The van der Waals surface area contributed by atoms with E-state index in [4.69, 9.17) is 10.2 Å². The van der Waals surface area contributed by atoms with Crippen LogP contribution in [0.25, 0.3) is 6.08 Å². The number of carboxylic acid groups (broad SMARTS) is 2. The van der Waals surface area contributed by atoms with Crippen LogP contribution in [0, 0.1) is 0 Å². The van der Waals surface area contributed by atoms with Crippen LogP contribution in [0.2, 0.25) is 0 Å². The predicted octanol–water partition coefficient (Wildman–Crippen LogP) is 1.12. The largest absolute Gasteiger partial charge is 0.507 e. The van der Waals surface area contributed by atoms with Crippen molar-refractivity contribution >= 4 is 18.0 Å². The Balaban J connectivity index is 2.99. The molecule has 0 heterocycles. The molecule has 0 atom stereocenters. The molecule has 5 nitrogen and oxygen atoms in total. The fraction of sp³-hybridized carbons (Fsp3) is 0.0909. The van der Waals surface area contributed by atoms with E-state index in [0.29, 0.717) is 5.56 Å². The zero-order chi connectivity index (χ0) is 12.1. The molecule has 1 aromatic carbocycles. The van der Waals surface area contributed by atoms with Gasteiger partial charge in [0.05, 0.1) is 6.42 Å². The van der Waals surface area contributed by atoms with Crippen molar-refractivity contribution in [2.45, 2.75) is 6.42 Å². The van der Waals surface area contributed by atoms with E-state index in [2.05, 4.69) is 0 Å².